The number of hydrogen-bond donors (Lipinski definition) is 0. The Morgan fingerprint density at radius 3 is 2.30 bits per heavy atom. The quantitative estimate of drug-likeness (QED) is 0.231. The second kappa shape index (κ2) is 11.4. The Kier molecular flexibility index (Phi) is 7.59. The molecule has 0 saturated carbocycles. The van der Waals surface area contributed by atoms with Crippen molar-refractivity contribution in [3.8, 4) is 11.5 Å². The summed E-state index contributed by atoms with van der Waals surface area (Å²) in [5.41, 5.74) is 3.36. The van der Waals surface area contributed by atoms with Crippen LogP contribution in [0.4, 0.5) is 11.4 Å². The summed E-state index contributed by atoms with van der Waals surface area (Å²) in [5.74, 6) is 1.06. The van der Waals surface area contributed by atoms with Crippen molar-refractivity contribution in [1.29, 1.82) is 0 Å². The smallest absolute Gasteiger partial charge is 0.271 e. The lowest BCUT2D eigenvalue weighted by Crippen LogP contribution is -2.28. The van der Waals surface area contributed by atoms with Crippen LogP contribution in [0.5, 0.6) is 11.5 Å². The van der Waals surface area contributed by atoms with E-state index in [4.69, 9.17) is 26.1 Å². The molecule has 1 aliphatic rings. The second-order valence-electron chi connectivity index (χ2n) is 8.14. The van der Waals surface area contributed by atoms with Gasteiger partial charge in [0.2, 0.25) is 0 Å². The maximum absolute atomic E-state index is 13.5. The lowest BCUT2D eigenvalue weighted by molar-refractivity contribution is -0.113. The zero-order valence-corrected chi connectivity index (χ0v) is 21.6. The molecule has 4 aromatic rings. The molecule has 1 aliphatic heterocycles. The molecule has 1 heterocycles. The van der Waals surface area contributed by atoms with Gasteiger partial charge in [0.05, 0.1) is 23.4 Å². The zero-order valence-electron chi connectivity index (χ0n) is 20.0. The first-order valence-corrected chi connectivity index (χ1v) is 12.8. The Morgan fingerprint density at radius 1 is 0.892 bits per heavy atom. The van der Waals surface area contributed by atoms with Gasteiger partial charge in [-0.1, -0.05) is 66.2 Å². The predicted molar refractivity (Wildman–Crippen MR) is 152 cm³/mol. The number of para-hydroxylation sites is 2. The fourth-order valence-corrected chi connectivity index (χ4v) is 4.88. The first kappa shape index (κ1) is 24.7. The Labute approximate surface area is 225 Å². The van der Waals surface area contributed by atoms with E-state index in [0.29, 0.717) is 33.2 Å². The summed E-state index contributed by atoms with van der Waals surface area (Å²) in [4.78, 5) is 20.5. The number of rotatable bonds is 7. The highest BCUT2D eigenvalue weighted by atomic mass is 35.5. The van der Waals surface area contributed by atoms with Gasteiger partial charge in [0.15, 0.2) is 16.7 Å². The van der Waals surface area contributed by atoms with Crippen LogP contribution in [-0.4, -0.2) is 18.2 Å². The first-order chi connectivity index (χ1) is 18.1. The molecule has 37 heavy (non-hydrogen) atoms. The fourth-order valence-electron chi connectivity index (χ4n) is 3.75. The van der Waals surface area contributed by atoms with Crippen molar-refractivity contribution in [2.24, 2.45) is 4.99 Å². The molecule has 1 fully saturated rings. The molecule has 0 aromatic heterocycles. The van der Waals surface area contributed by atoms with Crippen LogP contribution in [-0.2, 0) is 11.4 Å². The first-order valence-electron chi connectivity index (χ1n) is 11.6. The normalized spacial score (nSPS) is 15.4. The number of carbonyl (C=O) groups excluding carboxylic acids is 1. The molecule has 5 nitrogen and oxygen atoms in total. The van der Waals surface area contributed by atoms with Crippen LogP contribution in [0.25, 0.3) is 6.08 Å². The molecular weight excluding hydrogens is 504 g/mol. The molecule has 1 saturated heterocycles. The van der Waals surface area contributed by atoms with Gasteiger partial charge in [-0.25, -0.2) is 4.99 Å². The van der Waals surface area contributed by atoms with E-state index < -0.39 is 0 Å². The van der Waals surface area contributed by atoms with E-state index in [9.17, 15) is 4.79 Å². The maximum atomic E-state index is 13.5. The number of nitrogens with zero attached hydrogens (tertiary/aromatic N) is 2. The van der Waals surface area contributed by atoms with Crippen molar-refractivity contribution in [3.63, 3.8) is 0 Å². The van der Waals surface area contributed by atoms with Gasteiger partial charge >= 0.3 is 0 Å². The fraction of sp³-hybridized carbons (Fsp3) is 0.0667. The van der Waals surface area contributed by atoms with E-state index in [-0.39, 0.29) is 5.91 Å². The Balaban J connectivity index is 1.42. The third kappa shape index (κ3) is 5.88. The summed E-state index contributed by atoms with van der Waals surface area (Å²) in [5, 5.41) is 1.28. The summed E-state index contributed by atoms with van der Waals surface area (Å²) in [6, 6.07) is 32.3. The van der Waals surface area contributed by atoms with Crippen LogP contribution in [0.1, 0.15) is 11.1 Å². The van der Waals surface area contributed by atoms with E-state index in [0.717, 1.165) is 22.5 Å². The third-order valence-corrected chi connectivity index (χ3v) is 6.82. The Morgan fingerprint density at radius 2 is 1.59 bits per heavy atom. The standard InChI is InChI=1S/C30H23ClN2O3S/c1-35-27-18-22(14-17-26(27)36-20-21-12-15-23(31)16-13-21)19-28-29(34)33(25-10-6-3-7-11-25)30(37-28)32-24-8-4-2-5-9-24/h2-19H,20H2,1H3/b28-19-,32-30?. The Bertz CT molecular complexity index is 1460. The van der Waals surface area contributed by atoms with Crippen molar-refractivity contribution < 1.29 is 14.3 Å². The molecule has 7 heteroatoms. The molecule has 0 radical (unpaired) electrons. The van der Waals surface area contributed by atoms with Crippen LogP contribution in [0, 0.1) is 0 Å². The number of ether oxygens (including phenoxy) is 2. The molecule has 0 atom stereocenters. The number of benzene rings is 4. The van der Waals surface area contributed by atoms with E-state index in [1.165, 1.54) is 11.8 Å². The summed E-state index contributed by atoms with van der Waals surface area (Å²) >= 11 is 7.31. The van der Waals surface area contributed by atoms with E-state index >= 15 is 0 Å². The third-order valence-electron chi connectivity index (χ3n) is 5.59. The van der Waals surface area contributed by atoms with Gasteiger partial charge in [-0.05, 0) is 77.5 Å². The molecule has 184 valence electrons. The van der Waals surface area contributed by atoms with E-state index in [2.05, 4.69) is 0 Å². The Hall–Kier alpha value is -4.00. The number of methoxy groups -OCH3 is 1. The van der Waals surface area contributed by atoms with Crippen molar-refractivity contribution >= 4 is 51.9 Å². The molecule has 0 aliphatic carbocycles. The van der Waals surface area contributed by atoms with E-state index in [1.54, 1.807) is 12.0 Å². The van der Waals surface area contributed by atoms with Gasteiger partial charge in [0.25, 0.3) is 5.91 Å². The summed E-state index contributed by atoms with van der Waals surface area (Å²) in [7, 11) is 1.60. The number of anilines is 1. The van der Waals surface area contributed by atoms with Gasteiger partial charge in [-0.2, -0.15) is 0 Å². The van der Waals surface area contributed by atoms with Gasteiger partial charge in [-0.15, -0.1) is 0 Å². The zero-order chi connectivity index (χ0) is 25.6. The van der Waals surface area contributed by atoms with Gasteiger partial charge in [0, 0.05) is 5.02 Å². The molecule has 0 unspecified atom stereocenters. The molecule has 5 rings (SSSR count). The van der Waals surface area contributed by atoms with Crippen LogP contribution in [0.2, 0.25) is 5.02 Å². The average molecular weight is 527 g/mol. The minimum absolute atomic E-state index is 0.132. The molecule has 0 spiro atoms. The topological polar surface area (TPSA) is 51.1 Å². The number of halogens is 1. The molecule has 0 N–H and O–H groups in total. The van der Waals surface area contributed by atoms with Crippen molar-refractivity contribution in [2.45, 2.75) is 6.61 Å². The average Bonchev–Trinajstić information content (AvgIpc) is 3.23. The monoisotopic (exact) mass is 526 g/mol. The van der Waals surface area contributed by atoms with Crippen molar-refractivity contribution in [3.05, 3.63) is 124 Å². The minimum Gasteiger partial charge on any atom is -0.493 e. The van der Waals surface area contributed by atoms with Crippen molar-refractivity contribution in [2.75, 3.05) is 12.0 Å². The van der Waals surface area contributed by atoms with Gasteiger partial charge < -0.3 is 9.47 Å². The lowest BCUT2D eigenvalue weighted by atomic mass is 10.1. The van der Waals surface area contributed by atoms with Gasteiger partial charge in [-0.3, -0.25) is 9.69 Å². The van der Waals surface area contributed by atoms with Crippen molar-refractivity contribution in [1.82, 2.24) is 0 Å². The summed E-state index contributed by atoms with van der Waals surface area (Å²) in [6.45, 7) is 0.383. The molecule has 0 bridgehead atoms. The molecular formula is C30H23ClN2O3S. The van der Waals surface area contributed by atoms with Gasteiger partial charge in [0.1, 0.15) is 6.61 Å². The summed E-state index contributed by atoms with van der Waals surface area (Å²) < 4.78 is 11.5. The van der Waals surface area contributed by atoms with Crippen LogP contribution in [0.3, 0.4) is 0 Å². The highest BCUT2D eigenvalue weighted by molar-refractivity contribution is 8.19. The number of aliphatic imine (C=N–C) groups is 1. The van der Waals surface area contributed by atoms with Crippen LogP contribution in [0.15, 0.2) is 113 Å². The number of amides is 1. The highest BCUT2D eigenvalue weighted by Crippen LogP contribution is 2.38. The van der Waals surface area contributed by atoms with E-state index in [1.807, 2.05) is 109 Å². The number of carbonyl (C=O) groups is 1. The number of thioether (sulfide) groups is 1. The molecule has 4 aromatic carbocycles. The number of amidine groups is 1. The molecule has 1 amide bonds. The maximum Gasteiger partial charge on any atom is 0.271 e. The highest BCUT2D eigenvalue weighted by Gasteiger charge is 2.34. The second-order valence-corrected chi connectivity index (χ2v) is 9.59. The van der Waals surface area contributed by atoms with Crippen LogP contribution < -0.4 is 14.4 Å². The van der Waals surface area contributed by atoms with Crippen LogP contribution >= 0.6 is 23.4 Å². The minimum atomic E-state index is -0.132. The lowest BCUT2D eigenvalue weighted by Gasteiger charge is -2.15. The largest absolute Gasteiger partial charge is 0.493 e. The predicted octanol–water partition coefficient (Wildman–Crippen LogP) is 7.74. The summed E-state index contributed by atoms with van der Waals surface area (Å²) in [6.07, 6.45) is 1.85. The number of hydrogen-bond acceptors (Lipinski definition) is 5. The SMILES string of the molecule is COc1cc(/C=C2\SC(=Nc3ccccc3)N(c3ccccc3)C2=O)ccc1OCc1ccc(Cl)cc1.